The van der Waals surface area contributed by atoms with Gasteiger partial charge in [-0.3, -0.25) is 14.8 Å². The van der Waals surface area contributed by atoms with Crippen LogP contribution in [0, 0.1) is 0 Å². The van der Waals surface area contributed by atoms with E-state index in [1.807, 2.05) is 13.8 Å². The highest BCUT2D eigenvalue weighted by atomic mass is 32.2. The lowest BCUT2D eigenvalue weighted by Gasteiger charge is -2.21. The summed E-state index contributed by atoms with van der Waals surface area (Å²) in [6, 6.07) is 4.22. The lowest BCUT2D eigenvalue weighted by Crippen LogP contribution is -2.42. The van der Waals surface area contributed by atoms with Crippen molar-refractivity contribution in [3.05, 3.63) is 29.8 Å². The molecule has 12 heteroatoms. The number of aromatic nitrogens is 4. The molecule has 0 saturated carbocycles. The molecule has 154 valence electrons. The first-order chi connectivity index (χ1) is 13.9. The van der Waals surface area contributed by atoms with Gasteiger partial charge in [-0.1, -0.05) is 11.2 Å². The molecule has 0 aliphatic carbocycles. The van der Waals surface area contributed by atoms with Crippen LogP contribution in [0.2, 0.25) is 0 Å². The normalized spacial score (nSPS) is 17.8. The molecule has 4 heterocycles. The monoisotopic (exact) mass is 436 g/mol. The lowest BCUT2D eigenvalue weighted by molar-refractivity contribution is -0.119. The van der Waals surface area contributed by atoms with Crippen molar-refractivity contribution in [1.29, 1.82) is 0 Å². The molecule has 1 fully saturated rings. The smallest absolute Gasteiger partial charge is 0.322 e. The van der Waals surface area contributed by atoms with Gasteiger partial charge in [-0.05, 0) is 44.2 Å². The van der Waals surface area contributed by atoms with Crippen LogP contribution in [-0.4, -0.2) is 51.2 Å². The molecule has 3 aromatic heterocycles. The quantitative estimate of drug-likeness (QED) is 0.629. The van der Waals surface area contributed by atoms with Gasteiger partial charge in [0.25, 0.3) is 15.9 Å². The van der Waals surface area contributed by atoms with Crippen molar-refractivity contribution in [2.24, 2.45) is 0 Å². The van der Waals surface area contributed by atoms with E-state index in [4.69, 9.17) is 4.42 Å². The Kier molecular flexibility index (Phi) is 5.23. The molecular formula is C17H20N6O4S2. The third-order valence-electron chi connectivity index (χ3n) is 4.58. The van der Waals surface area contributed by atoms with E-state index >= 15 is 0 Å². The number of carbonyl (C=O) groups excluding carboxylic acids is 1. The minimum Gasteiger partial charge on any atom is -0.401 e. The van der Waals surface area contributed by atoms with Crippen LogP contribution in [-0.2, 0) is 14.8 Å². The number of rotatable bonds is 6. The first-order valence-corrected chi connectivity index (χ1v) is 11.4. The second-order valence-corrected chi connectivity index (χ2v) is 9.95. The molecule has 0 spiro atoms. The van der Waals surface area contributed by atoms with Crippen LogP contribution in [0.5, 0.6) is 0 Å². The Morgan fingerprint density at radius 3 is 2.86 bits per heavy atom. The van der Waals surface area contributed by atoms with Crippen molar-refractivity contribution in [3.8, 4) is 11.6 Å². The number of nitrogens with one attached hydrogen (secondary N) is 1. The van der Waals surface area contributed by atoms with Crippen LogP contribution in [0.3, 0.4) is 0 Å². The molecule has 0 bridgehead atoms. The van der Waals surface area contributed by atoms with Gasteiger partial charge in [0.1, 0.15) is 15.9 Å². The van der Waals surface area contributed by atoms with Crippen molar-refractivity contribution in [1.82, 2.24) is 24.3 Å². The zero-order valence-corrected chi connectivity index (χ0v) is 17.5. The number of amides is 1. The third kappa shape index (κ3) is 3.82. The predicted molar refractivity (Wildman–Crippen MR) is 106 cm³/mol. The Morgan fingerprint density at radius 2 is 2.17 bits per heavy atom. The van der Waals surface area contributed by atoms with Crippen molar-refractivity contribution < 1.29 is 17.6 Å². The Bertz CT molecular complexity index is 1100. The molecule has 0 radical (unpaired) electrons. The summed E-state index contributed by atoms with van der Waals surface area (Å²) in [6.45, 7) is 4.28. The molecule has 1 saturated heterocycles. The summed E-state index contributed by atoms with van der Waals surface area (Å²) >= 11 is 1.13. The summed E-state index contributed by atoms with van der Waals surface area (Å²) in [5.74, 6) is -0.320. The van der Waals surface area contributed by atoms with Crippen LogP contribution < -0.4 is 5.32 Å². The molecule has 1 atom stereocenters. The van der Waals surface area contributed by atoms with E-state index in [2.05, 4.69) is 20.6 Å². The summed E-state index contributed by atoms with van der Waals surface area (Å²) in [7, 11) is -3.71. The van der Waals surface area contributed by atoms with Gasteiger partial charge in [-0.15, -0.1) is 16.4 Å². The average Bonchev–Trinajstić information content (AvgIpc) is 3.49. The minimum absolute atomic E-state index is 0.0931. The van der Waals surface area contributed by atoms with E-state index in [1.54, 1.807) is 28.4 Å². The Hall–Kier alpha value is -2.57. The number of carbonyl (C=O) groups is 1. The Morgan fingerprint density at radius 1 is 1.34 bits per heavy atom. The van der Waals surface area contributed by atoms with E-state index in [1.165, 1.54) is 10.4 Å². The zero-order chi connectivity index (χ0) is 20.6. The fraction of sp³-hybridized carbons (Fsp3) is 0.412. The van der Waals surface area contributed by atoms with Crippen molar-refractivity contribution in [2.75, 3.05) is 11.9 Å². The molecule has 1 aliphatic rings. The number of hydrogen-bond acceptors (Lipinski definition) is 8. The van der Waals surface area contributed by atoms with E-state index in [0.29, 0.717) is 25.1 Å². The molecule has 4 rings (SSSR count). The van der Waals surface area contributed by atoms with E-state index in [-0.39, 0.29) is 22.2 Å². The van der Waals surface area contributed by atoms with Crippen LogP contribution >= 0.6 is 11.3 Å². The third-order valence-corrected chi connectivity index (χ3v) is 7.86. The first-order valence-electron chi connectivity index (χ1n) is 9.11. The maximum absolute atomic E-state index is 12.8. The Labute approximate surface area is 171 Å². The molecular weight excluding hydrogens is 416 g/mol. The second-order valence-electron chi connectivity index (χ2n) is 6.88. The van der Waals surface area contributed by atoms with Gasteiger partial charge in [0.15, 0.2) is 0 Å². The fourth-order valence-corrected chi connectivity index (χ4v) is 5.90. The molecule has 1 unspecified atom stereocenters. The summed E-state index contributed by atoms with van der Waals surface area (Å²) in [5, 5.41) is 16.3. The highest BCUT2D eigenvalue weighted by molar-refractivity contribution is 7.91. The summed E-state index contributed by atoms with van der Waals surface area (Å²) in [4.78, 5) is 12.7. The number of sulfonamides is 1. The number of nitrogens with zero attached hydrogens (tertiary/aromatic N) is 5. The number of thiophene rings is 1. The first kappa shape index (κ1) is 19.7. The van der Waals surface area contributed by atoms with Crippen molar-refractivity contribution in [2.45, 2.75) is 43.0 Å². The summed E-state index contributed by atoms with van der Waals surface area (Å²) < 4.78 is 34.3. The minimum atomic E-state index is -3.71. The summed E-state index contributed by atoms with van der Waals surface area (Å²) in [6.07, 6.45) is 2.83. The second kappa shape index (κ2) is 7.69. The molecule has 1 aliphatic heterocycles. The maximum Gasteiger partial charge on any atom is 0.322 e. The topological polar surface area (TPSA) is 123 Å². The Balaban J connectivity index is 1.48. The summed E-state index contributed by atoms with van der Waals surface area (Å²) in [5.41, 5.74) is 0.495. The van der Waals surface area contributed by atoms with Gasteiger partial charge >= 0.3 is 6.01 Å². The van der Waals surface area contributed by atoms with Crippen LogP contribution in [0.4, 0.5) is 6.01 Å². The van der Waals surface area contributed by atoms with Gasteiger partial charge in [-0.25, -0.2) is 8.42 Å². The highest BCUT2D eigenvalue weighted by Gasteiger charge is 2.40. The zero-order valence-electron chi connectivity index (χ0n) is 15.8. The molecule has 0 aromatic carbocycles. The molecule has 3 aromatic rings. The van der Waals surface area contributed by atoms with Gasteiger partial charge in [-0.2, -0.15) is 9.40 Å². The maximum atomic E-state index is 12.8. The van der Waals surface area contributed by atoms with Gasteiger partial charge in [0.2, 0.25) is 5.91 Å². The SMILES string of the molecule is CC(C)n1ccc(-c2nnc(NC(=O)C3CCCN3S(=O)(=O)c3cccs3)o2)n1. The highest BCUT2D eigenvalue weighted by Crippen LogP contribution is 2.29. The lowest BCUT2D eigenvalue weighted by atomic mass is 10.2. The fourth-order valence-electron chi connectivity index (χ4n) is 3.12. The van der Waals surface area contributed by atoms with Crippen LogP contribution in [0.1, 0.15) is 32.7 Å². The standard InChI is InChI=1S/C17H20N6O4S2/c1-11(2)22-9-7-12(21-22)16-19-20-17(27-16)18-15(24)13-5-3-8-23(13)29(25,26)14-6-4-10-28-14/h4,6-7,9-11,13H,3,5,8H2,1-2H3,(H,18,20,24). The van der Waals surface area contributed by atoms with E-state index < -0.39 is 22.0 Å². The van der Waals surface area contributed by atoms with Crippen LogP contribution in [0.25, 0.3) is 11.6 Å². The van der Waals surface area contributed by atoms with Gasteiger partial charge in [0, 0.05) is 18.8 Å². The molecule has 29 heavy (non-hydrogen) atoms. The molecule has 10 nitrogen and oxygen atoms in total. The van der Waals surface area contributed by atoms with E-state index in [0.717, 1.165) is 11.3 Å². The van der Waals surface area contributed by atoms with Crippen LogP contribution in [0.15, 0.2) is 38.4 Å². The largest absolute Gasteiger partial charge is 0.401 e. The van der Waals surface area contributed by atoms with E-state index in [9.17, 15) is 13.2 Å². The average molecular weight is 437 g/mol. The van der Waals surface area contributed by atoms with Gasteiger partial charge < -0.3 is 4.42 Å². The number of hydrogen-bond donors (Lipinski definition) is 1. The van der Waals surface area contributed by atoms with Gasteiger partial charge in [0.05, 0.1) is 0 Å². The van der Waals surface area contributed by atoms with Crippen molar-refractivity contribution in [3.63, 3.8) is 0 Å². The molecule has 1 amide bonds. The van der Waals surface area contributed by atoms with Crippen molar-refractivity contribution >= 4 is 33.3 Å². The number of anilines is 1. The predicted octanol–water partition coefficient (Wildman–Crippen LogP) is 2.37. The molecule has 1 N–H and O–H groups in total.